The number of aliphatic hydroxyl groups is 2. The van der Waals surface area contributed by atoms with E-state index in [1.54, 1.807) is 0 Å². The van der Waals surface area contributed by atoms with Crippen LogP contribution in [0.3, 0.4) is 0 Å². The van der Waals surface area contributed by atoms with E-state index in [1.807, 2.05) is 39.8 Å². The second kappa shape index (κ2) is 16.4. The minimum atomic E-state index is -1.30. The predicted molar refractivity (Wildman–Crippen MR) is 153 cm³/mol. The molecule has 43 heavy (non-hydrogen) atoms. The van der Waals surface area contributed by atoms with E-state index in [2.05, 4.69) is 30.7 Å². The van der Waals surface area contributed by atoms with Crippen LogP contribution in [0.1, 0.15) is 47.0 Å². The zero-order valence-electron chi connectivity index (χ0n) is 25.6. The van der Waals surface area contributed by atoms with E-state index >= 15 is 0 Å². The molecule has 6 N–H and O–H groups in total. The number of methoxy groups -OCH3 is 2. The fourth-order valence-electron chi connectivity index (χ4n) is 5.67. The summed E-state index contributed by atoms with van der Waals surface area (Å²) in [6, 6.07) is -4.71. The molecular formula is C29H46N4O10. The molecule has 0 unspecified atom stereocenters. The Labute approximate surface area is 251 Å². The molecule has 4 amide bonds. The molecule has 242 valence electrons. The Balaban J connectivity index is 2.24. The van der Waals surface area contributed by atoms with Gasteiger partial charge in [0.25, 0.3) is 0 Å². The second-order valence-corrected chi connectivity index (χ2v) is 11.9. The van der Waals surface area contributed by atoms with Gasteiger partial charge in [0.2, 0.25) is 23.6 Å². The van der Waals surface area contributed by atoms with E-state index in [4.69, 9.17) is 0 Å². The number of ether oxygens (including phenoxy) is 2. The van der Waals surface area contributed by atoms with Gasteiger partial charge in [0.1, 0.15) is 12.1 Å². The normalized spacial score (nSPS) is 23.2. The summed E-state index contributed by atoms with van der Waals surface area (Å²) in [7, 11) is 2.25. The standard InChI is InChI=1S/C29H46N4O10/c1-14(2)9-18(24(36)32-20(12-34)28(40)42-5)30-26(38)22-16-7-8-17(11-16)23(22)27(39)31-19(10-15(3)4)25(37)33-21(13-35)29(41)43-6/h7-8,14-23,34-35H,9-13H2,1-6H3,(H,30,38)(H,31,39)(H,32,36)(H,33,37)/t16-,17+,18-,19-,20-,21-,22-,23-/m0/s1. The van der Waals surface area contributed by atoms with Gasteiger partial charge in [0.15, 0.2) is 12.1 Å². The molecule has 0 aliphatic heterocycles. The quantitative estimate of drug-likeness (QED) is 0.0907. The highest BCUT2D eigenvalue weighted by Crippen LogP contribution is 2.48. The molecule has 0 aromatic carbocycles. The van der Waals surface area contributed by atoms with Crippen molar-refractivity contribution in [3.8, 4) is 0 Å². The van der Waals surface area contributed by atoms with Crippen LogP contribution in [0.25, 0.3) is 0 Å². The summed E-state index contributed by atoms with van der Waals surface area (Å²) in [6.07, 6.45) is 4.74. The third kappa shape index (κ3) is 9.48. The van der Waals surface area contributed by atoms with Crippen molar-refractivity contribution in [2.45, 2.75) is 71.1 Å². The number of hydrogen-bond acceptors (Lipinski definition) is 10. The highest BCUT2D eigenvalue weighted by molar-refractivity contribution is 5.96. The molecule has 1 fully saturated rings. The third-order valence-corrected chi connectivity index (χ3v) is 7.71. The number of esters is 2. The lowest BCUT2D eigenvalue weighted by Crippen LogP contribution is -2.57. The van der Waals surface area contributed by atoms with E-state index in [-0.39, 0.29) is 36.5 Å². The first-order valence-corrected chi connectivity index (χ1v) is 14.5. The van der Waals surface area contributed by atoms with Crippen LogP contribution in [0.15, 0.2) is 12.2 Å². The van der Waals surface area contributed by atoms with Gasteiger partial charge in [-0.25, -0.2) is 9.59 Å². The molecule has 0 heterocycles. The lowest BCUT2D eigenvalue weighted by Gasteiger charge is -2.30. The van der Waals surface area contributed by atoms with Crippen LogP contribution in [0.5, 0.6) is 0 Å². The van der Waals surface area contributed by atoms with Gasteiger partial charge in [-0.2, -0.15) is 0 Å². The largest absolute Gasteiger partial charge is 0.467 e. The summed E-state index contributed by atoms with van der Waals surface area (Å²) < 4.78 is 9.20. The topological polar surface area (TPSA) is 209 Å². The molecule has 2 aliphatic carbocycles. The number of allylic oxidation sites excluding steroid dienone is 2. The van der Waals surface area contributed by atoms with Crippen LogP contribution >= 0.6 is 0 Å². The maximum absolute atomic E-state index is 13.7. The fraction of sp³-hybridized carbons (Fsp3) is 0.724. The Hall–Kier alpha value is -3.52. The van der Waals surface area contributed by atoms with E-state index < -0.39 is 84.8 Å². The van der Waals surface area contributed by atoms with Crippen molar-refractivity contribution in [1.29, 1.82) is 0 Å². The van der Waals surface area contributed by atoms with Crippen LogP contribution in [-0.4, -0.2) is 97.4 Å². The summed E-state index contributed by atoms with van der Waals surface area (Å²) in [5.41, 5.74) is 0. The molecule has 0 aromatic rings. The van der Waals surface area contributed by atoms with Gasteiger partial charge < -0.3 is 41.0 Å². The Morgan fingerprint density at radius 1 is 0.651 bits per heavy atom. The fourth-order valence-corrected chi connectivity index (χ4v) is 5.67. The third-order valence-electron chi connectivity index (χ3n) is 7.71. The number of carbonyl (C=O) groups excluding carboxylic acids is 6. The van der Waals surface area contributed by atoms with E-state index in [1.165, 1.54) is 0 Å². The van der Waals surface area contributed by atoms with Crippen LogP contribution < -0.4 is 21.3 Å². The molecule has 0 spiro atoms. The zero-order chi connectivity index (χ0) is 32.4. The molecule has 2 rings (SSSR count). The second-order valence-electron chi connectivity index (χ2n) is 11.9. The summed E-state index contributed by atoms with van der Waals surface area (Å²) in [4.78, 5) is 77.3. The van der Waals surface area contributed by atoms with Crippen molar-refractivity contribution >= 4 is 35.6 Å². The number of nitrogens with one attached hydrogen (secondary N) is 4. The maximum atomic E-state index is 13.7. The number of carbonyl (C=O) groups is 6. The van der Waals surface area contributed by atoms with Crippen molar-refractivity contribution < 1.29 is 48.5 Å². The molecule has 0 aromatic heterocycles. The first-order chi connectivity index (χ1) is 20.3. The number of rotatable bonds is 16. The number of amides is 4. The number of hydrogen-bond donors (Lipinski definition) is 6. The number of fused-ring (bicyclic) bond motifs is 2. The minimum absolute atomic E-state index is 0.0242. The molecule has 0 radical (unpaired) electrons. The van der Waals surface area contributed by atoms with Gasteiger partial charge in [0.05, 0.1) is 39.3 Å². The zero-order valence-corrected chi connectivity index (χ0v) is 25.6. The predicted octanol–water partition coefficient (Wildman–Crippen LogP) is -1.21. The van der Waals surface area contributed by atoms with Crippen molar-refractivity contribution in [2.75, 3.05) is 27.4 Å². The Bertz CT molecular complexity index is 982. The van der Waals surface area contributed by atoms with E-state index in [0.29, 0.717) is 6.42 Å². The Morgan fingerprint density at radius 3 is 1.28 bits per heavy atom. The lowest BCUT2D eigenvalue weighted by molar-refractivity contribution is -0.147. The van der Waals surface area contributed by atoms with Gasteiger partial charge in [-0.15, -0.1) is 0 Å². The Morgan fingerprint density at radius 2 is 1.00 bits per heavy atom. The Kier molecular flexibility index (Phi) is 13.6. The smallest absolute Gasteiger partial charge is 0.330 e. The number of aliphatic hydroxyl groups excluding tert-OH is 2. The molecule has 14 heteroatoms. The minimum Gasteiger partial charge on any atom is -0.467 e. The average molecular weight is 611 g/mol. The van der Waals surface area contributed by atoms with E-state index in [9.17, 15) is 39.0 Å². The average Bonchev–Trinajstić information content (AvgIpc) is 3.58. The molecule has 2 bridgehead atoms. The van der Waals surface area contributed by atoms with Gasteiger partial charge in [-0.05, 0) is 42.9 Å². The van der Waals surface area contributed by atoms with Crippen LogP contribution in [-0.2, 0) is 38.2 Å². The van der Waals surface area contributed by atoms with Gasteiger partial charge in [0, 0.05) is 0 Å². The van der Waals surface area contributed by atoms with Gasteiger partial charge in [-0.3, -0.25) is 19.2 Å². The molecular weight excluding hydrogens is 564 g/mol. The van der Waals surface area contributed by atoms with E-state index in [0.717, 1.165) is 14.2 Å². The molecule has 8 atom stereocenters. The summed E-state index contributed by atoms with van der Waals surface area (Å²) >= 11 is 0. The summed E-state index contributed by atoms with van der Waals surface area (Å²) in [5, 5.41) is 29.3. The molecule has 14 nitrogen and oxygen atoms in total. The van der Waals surface area contributed by atoms with Crippen LogP contribution in [0.2, 0.25) is 0 Å². The van der Waals surface area contributed by atoms with Crippen molar-refractivity contribution in [3.05, 3.63) is 12.2 Å². The molecule has 1 saturated carbocycles. The SMILES string of the molecule is COC(=O)[C@H](CO)NC(=O)[C@H](CC(C)C)NC(=O)[C@@H]1[C@@H](C(=O)N[C@@H](CC(C)C)C(=O)N[C@@H](CO)C(=O)OC)[C@H]2C=C[C@@H]1C2. The van der Waals surface area contributed by atoms with Crippen molar-refractivity contribution in [3.63, 3.8) is 0 Å². The highest BCUT2D eigenvalue weighted by Gasteiger charge is 2.52. The maximum Gasteiger partial charge on any atom is 0.330 e. The molecule has 0 saturated heterocycles. The van der Waals surface area contributed by atoms with Crippen molar-refractivity contribution in [1.82, 2.24) is 21.3 Å². The van der Waals surface area contributed by atoms with Gasteiger partial charge in [-0.1, -0.05) is 39.8 Å². The van der Waals surface area contributed by atoms with Gasteiger partial charge >= 0.3 is 11.9 Å². The monoisotopic (exact) mass is 610 g/mol. The summed E-state index contributed by atoms with van der Waals surface area (Å²) in [6.45, 7) is 6.04. The lowest BCUT2D eigenvalue weighted by atomic mass is 9.81. The highest BCUT2D eigenvalue weighted by atomic mass is 16.5. The van der Waals surface area contributed by atoms with Crippen molar-refractivity contribution in [2.24, 2.45) is 35.5 Å². The molecule has 2 aliphatic rings. The first-order valence-electron chi connectivity index (χ1n) is 14.5. The van der Waals surface area contributed by atoms with Crippen LogP contribution in [0.4, 0.5) is 0 Å². The summed E-state index contributed by atoms with van der Waals surface area (Å²) in [5.74, 6) is -6.29. The van der Waals surface area contributed by atoms with Crippen LogP contribution in [0, 0.1) is 35.5 Å². The first kappa shape index (κ1) is 35.7.